The second-order valence-corrected chi connectivity index (χ2v) is 7.14. The lowest BCUT2D eigenvalue weighted by atomic mass is 10.1. The van der Waals surface area contributed by atoms with E-state index in [1.165, 1.54) is 24.2 Å². The first kappa shape index (κ1) is 16.4. The summed E-state index contributed by atoms with van der Waals surface area (Å²) in [5.41, 5.74) is 4.92. The van der Waals surface area contributed by atoms with Crippen molar-refractivity contribution in [1.29, 1.82) is 0 Å². The Labute approximate surface area is 153 Å². The van der Waals surface area contributed by atoms with Crippen molar-refractivity contribution in [3.05, 3.63) is 58.9 Å². The Morgan fingerprint density at radius 2 is 1.64 bits per heavy atom. The maximum Gasteiger partial charge on any atom is 0.175 e. The standard InChI is InChI=1S/C20H24N4S/c25-20-21-18-9-8-16(15-19(18)22-20)5-4-10-23-11-13-24(14-12-23)17-6-2-1-3-7-17/h1-3,6-9,15H,4-5,10-14H2,(H2,21,22,25). The minimum absolute atomic E-state index is 0.698. The Balaban J connectivity index is 1.26. The molecular formula is C20H24N4S. The fourth-order valence-electron chi connectivity index (χ4n) is 3.61. The predicted octanol–water partition coefficient (Wildman–Crippen LogP) is 3.98. The summed E-state index contributed by atoms with van der Waals surface area (Å²) in [4.78, 5) is 11.4. The minimum Gasteiger partial charge on any atom is -0.369 e. The molecule has 2 aromatic carbocycles. The van der Waals surface area contributed by atoms with Gasteiger partial charge in [-0.1, -0.05) is 24.3 Å². The number of aromatic amines is 2. The molecule has 0 unspecified atom stereocenters. The molecule has 0 amide bonds. The molecule has 1 aliphatic heterocycles. The highest BCUT2D eigenvalue weighted by molar-refractivity contribution is 7.71. The molecule has 1 aromatic heterocycles. The van der Waals surface area contributed by atoms with Crippen molar-refractivity contribution in [3.63, 3.8) is 0 Å². The normalized spacial score (nSPS) is 15.8. The maximum atomic E-state index is 5.15. The lowest BCUT2D eigenvalue weighted by molar-refractivity contribution is 0.255. The fraction of sp³-hybridized carbons (Fsp3) is 0.350. The largest absolute Gasteiger partial charge is 0.369 e. The Kier molecular flexibility index (Phi) is 4.85. The van der Waals surface area contributed by atoms with Gasteiger partial charge < -0.3 is 14.9 Å². The number of para-hydroxylation sites is 1. The van der Waals surface area contributed by atoms with Crippen LogP contribution < -0.4 is 4.90 Å². The number of rotatable bonds is 5. The van der Waals surface area contributed by atoms with E-state index in [1.807, 2.05) is 0 Å². The summed E-state index contributed by atoms with van der Waals surface area (Å²) in [6.07, 6.45) is 2.31. The number of aryl methyl sites for hydroxylation is 1. The molecule has 1 aliphatic rings. The molecule has 0 radical (unpaired) electrons. The van der Waals surface area contributed by atoms with Crippen LogP contribution in [0.4, 0.5) is 5.69 Å². The summed E-state index contributed by atoms with van der Waals surface area (Å²) in [7, 11) is 0. The molecule has 2 N–H and O–H groups in total. The summed E-state index contributed by atoms with van der Waals surface area (Å²) >= 11 is 5.15. The van der Waals surface area contributed by atoms with Crippen LogP contribution in [0.2, 0.25) is 0 Å². The number of imidazole rings is 1. The van der Waals surface area contributed by atoms with Crippen LogP contribution in [-0.2, 0) is 6.42 Å². The molecule has 25 heavy (non-hydrogen) atoms. The smallest absolute Gasteiger partial charge is 0.175 e. The van der Waals surface area contributed by atoms with Gasteiger partial charge in [0.2, 0.25) is 0 Å². The number of benzene rings is 2. The van der Waals surface area contributed by atoms with Crippen LogP contribution in [0.3, 0.4) is 0 Å². The molecule has 0 aliphatic carbocycles. The van der Waals surface area contributed by atoms with Crippen LogP contribution in [0.5, 0.6) is 0 Å². The number of hydrogen-bond donors (Lipinski definition) is 2. The highest BCUT2D eigenvalue weighted by atomic mass is 32.1. The van der Waals surface area contributed by atoms with Crippen LogP contribution in [-0.4, -0.2) is 47.6 Å². The zero-order chi connectivity index (χ0) is 17.1. The summed E-state index contributed by atoms with van der Waals surface area (Å²) in [5, 5.41) is 0. The molecule has 0 atom stereocenters. The lowest BCUT2D eigenvalue weighted by Crippen LogP contribution is -2.46. The molecular weight excluding hydrogens is 328 g/mol. The summed E-state index contributed by atoms with van der Waals surface area (Å²) in [6.45, 7) is 5.72. The Morgan fingerprint density at radius 3 is 2.44 bits per heavy atom. The van der Waals surface area contributed by atoms with Gasteiger partial charge in [0.15, 0.2) is 4.77 Å². The lowest BCUT2D eigenvalue weighted by Gasteiger charge is -2.36. The van der Waals surface area contributed by atoms with Crippen LogP contribution in [0, 0.1) is 4.77 Å². The van der Waals surface area contributed by atoms with Crippen molar-refractivity contribution in [1.82, 2.24) is 14.9 Å². The van der Waals surface area contributed by atoms with Crippen molar-refractivity contribution in [2.75, 3.05) is 37.6 Å². The molecule has 2 heterocycles. The number of piperazine rings is 1. The molecule has 5 heteroatoms. The van der Waals surface area contributed by atoms with E-state index in [4.69, 9.17) is 12.2 Å². The van der Waals surface area contributed by atoms with Crippen molar-refractivity contribution >= 4 is 28.9 Å². The zero-order valence-corrected chi connectivity index (χ0v) is 15.2. The van der Waals surface area contributed by atoms with Crippen LogP contribution in [0.15, 0.2) is 48.5 Å². The molecule has 130 valence electrons. The quantitative estimate of drug-likeness (QED) is 0.682. The summed E-state index contributed by atoms with van der Waals surface area (Å²) in [5.74, 6) is 0. The molecule has 0 spiro atoms. The third-order valence-electron chi connectivity index (χ3n) is 5.01. The van der Waals surface area contributed by atoms with E-state index in [-0.39, 0.29) is 0 Å². The van der Waals surface area contributed by atoms with Gasteiger partial charge >= 0.3 is 0 Å². The van der Waals surface area contributed by atoms with Gasteiger partial charge in [0, 0.05) is 31.9 Å². The number of anilines is 1. The second kappa shape index (κ2) is 7.42. The van der Waals surface area contributed by atoms with Gasteiger partial charge in [-0.15, -0.1) is 0 Å². The van der Waals surface area contributed by atoms with Gasteiger partial charge in [-0.3, -0.25) is 4.90 Å². The number of H-pyrrole nitrogens is 2. The van der Waals surface area contributed by atoms with E-state index in [1.54, 1.807) is 0 Å². The molecule has 0 bridgehead atoms. The fourth-order valence-corrected chi connectivity index (χ4v) is 3.83. The molecule has 0 saturated carbocycles. The van der Waals surface area contributed by atoms with Gasteiger partial charge in [-0.25, -0.2) is 0 Å². The van der Waals surface area contributed by atoms with Crippen molar-refractivity contribution in [2.24, 2.45) is 0 Å². The average Bonchev–Trinajstić information content (AvgIpc) is 3.02. The first-order valence-corrected chi connectivity index (χ1v) is 9.42. The second-order valence-electron chi connectivity index (χ2n) is 6.73. The SMILES string of the molecule is S=c1[nH]c2ccc(CCCN3CCN(c4ccccc4)CC3)cc2[nH]1. The Bertz CT molecular complexity index is 875. The van der Waals surface area contributed by atoms with Gasteiger partial charge in [0.1, 0.15) is 0 Å². The maximum absolute atomic E-state index is 5.15. The third-order valence-corrected chi connectivity index (χ3v) is 5.22. The number of hydrogen-bond acceptors (Lipinski definition) is 3. The van der Waals surface area contributed by atoms with E-state index in [0.29, 0.717) is 4.77 Å². The molecule has 4 rings (SSSR count). The first-order chi connectivity index (χ1) is 12.3. The zero-order valence-electron chi connectivity index (χ0n) is 14.4. The van der Waals surface area contributed by atoms with Crippen LogP contribution >= 0.6 is 12.2 Å². The van der Waals surface area contributed by atoms with Gasteiger partial charge in [0.25, 0.3) is 0 Å². The Hall–Kier alpha value is -2.11. The monoisotopic (exact) mass is 352 g/mol. The van der Waals surface area contributed by atoms with Crippen molar-refractivity contribution in [3.8, 4) is 0 Å². The predicted molar refractivity (Wildman–Crippen MR) is 107 cm³/mol. The third kappa shape index (κ3) is 3.94. The van der Waals surface area contributed by atoms with Crippen molar-refractivity contribution < 1.29 is 0 Å². The average molecular weight is 353 g/mol. The molecule has 1 saturated heterocycles. The van der Waals surface area contributed by atoms with Gasteiger partial charge in [-0.05, 0) is 61.4 Å². The van der Waals surface area contributed by atoms with Crippen LogP contribution in [0.1, 0.15) is 12.0 Å². The molecule has 1 fully saturated rings. The minimum atomic E-state index is 0.698. The number of fused-ring (bicyclic) bond motifs is 1. The summed E-state index contributed by atoms with van der Waals surface area (Å²) in [6, 6.07) is 17.3. The van der Waals surface area contributed by atoms with E-state index >= 15 is 0 Å². The van der Waals surface area contributed by atoms with E-state index in [9.17, 15) is 0 Å². The molecule has 3 aromatic rings. The van der Waals surface area contributed by atoms with Crippen LogP contribution in [0.25, 0.3) is 11.0 Å². The Morgan fingerprint density at radius 1 is 0.880 bits per heavy atom. The summed E-state index contributed by atoms with van der Waals surface area (Å²) < 4.78 is 0.698. The van der Waals surface area contributed by atoms with Crippen molar-refractivity contribution in [2.45, 2.75) is 12.8 Å². The topological polar surface area (TPSA) is 38.1 Å². The number of nitrogens with zero attached hydrogens (tertiary/aromatic N) is 2. The van der Waals surface area contributed by atoms with E-state index in [2.05, 4.69) is 68.3 Å². The number of aromatic nitrogens is 2. The number of nitrogens with one attached hydrogen (secondary N) is 2. The molecule has 4 nitrogen and oxygen atoms in total. The highest BCUT2D eigenvalue weighted by Crippen LogP contribution is 2.17. The van der Waals surface area contributed by atoms with Gasteiger partial charge in [-0.2, -0.15) is 0 Å². The van der Waals surface area contributed by atoms with E-state index < -0.39 is 0 Å². The van der Waals surface area contributed by atoms with E-state index in [0.717, 1.165) is 43.6 Å². The highest BCUT2D eigenvalue weighted by Gasteiger charge is 2.16. The van der Waals surface area contributed by atoms with Gasteiger partial charge in [0.05, 0.1) is 11.0 Å². The first-order valence-electron chi connectivity index (χ1n) is 9.01.